The van der Waals surface area contributed by atoms with Gasteiger partial charge in [-0.25, -0.2) is 4.39 Å². The summed E-state index contributed by atoms with van der Waals surface area (Å²) in [4.78, 5) is 3.76. The molecular weight excluding hydrogens is 255 g/mol. The van der Waals surface area contributed by atoms with E-state index in [2.05, 4.69) is 15.4 Å². The van der Waals surface area contributed by atoms with Gasteiger partial charge in [0.25, 0.3) is 0 Å². The molecule has 0 amide bonds. The maximum atomic E-state index is 13.8. The Hall–Kier alpha value is -1.46. The lowest BCUT2D eigenvalue weighted by atomic mass is 10.0. The number of nitrogens with zero attached hydrogens (tertiary/aromatic N) is 3. The Bertz CT molecular complexity index is 521. The predicted octanol–water partition coefficient (Wildman–Crippen LogP) is 2.31. The summed E-state index contributed by atoms with van der Waals surface area (Å²) in [7, 11) is 1.78. The fourth-order valence-corrected chi connectivity index (χ4v) is 2.20. The van der Waals surface area contributed by atoms with Gasteiger partial charge in [0.2, 0.25) is 0 Å². The van der Waals surface area contributed by atoms with Gasteiger partial charge < -0.3 is 5.32 Å². The second-order valence-electron chi connectivity index (χ2n) is 3.89. The topological polar surface area (TPSA) is 42.7 Å². The van der Waals surface area contributed by atoms with Crippen LogP contribution in [0, 0.1) is 5.82 Å². The van der Waals surface area contributed by atoms with Crippen molar-refractivity contribution in [2.45, 2.75) is 13.0 Å². The fourth-order valence-electron chi connectivity index (χ4n) is 1.92. The molecule has 4 nitrogen and oxygen atoms in total. The van der Waals surface area contributed by atoms with E-state index >= 15 is 0 Å². The molecular formula is C12H14ClFN4. The van der Waals surface area contributed by atoms with E-state index in [9.17, 15) is 4.39 Å². The molecule has 0 bridgehead atoms. The van der Waals surface area contributed by atoms with Gasteiger partial charge in [0.05, 0.1) is 29.2 Å². The number of hydrogen-bond acceptors (Lipinski definition) is 3. The molecule has 2 aromatic heterocycles. The van der Waals surface area contributed by atoms with Crippen LogP contribution in [0.3, 0.4) is 0 Å². The molecule has 0 saturated carbocycles. The van der Waals surface area contributed by atoms with Crippen LogP contribution in [0.2, 0.25) is 5.02 Å². The Kier molecular flexibility index (Phi) is 3.93. The van der Waals surface area contributed by atoms with Crippen LogP contribution in [0.25, 0.3) is 0 Å². The molecule has 0 aliphatic heterocycles. The predicted molar refractivity (Wildman–Crippen MR) is 67.9 cm³/mol. The monoisotopic (exact) mass is 268 g/mol. The normalized spacial score (nSPS) is 12.7. The quantitative estimate of drug-likeness (QED) is 0.925. The summed E-state index contributed by atoms with van der Waals surface area (Å²) in [6.45, 7) is 2.64. The molecule has 0 aliphatic carbocycles. The maximum Gasteiger partial charge on any atom is 0.146 e. The lowest BCUT2D eigenvalue weighted by molar-refractivity contribution is 0.529. The molecule has 2 rings (SSSR count). The Morgan fingerprint density at radius 1 is 1.50 bits per heavy atom. The number of hydrogen-bond donors (Lipinski definition) is 1. The molecule has 1 atom stereocenters. The smallest absolute Gasteiger partial charge is 0.146 e. The van der Waals surface area contributed by atoms with Crippen molar-refractivity contribution in [3.8, 4) is 0 Å². The van der Waals surface area contributed by atoms with Crippen LogP contribution in [0.1, 0.15) is 24.2 Å². The van der Waals surface area contributed by atoms with Crippen LogP contribution in [0.5, 0.6) is 0 Å². The summed E-state index contributed by atoms with van der Waals surface area (Å²) < 4.78 is 15.5. The van der Waals surface area contributed by atoms with E-state index in [1.807, 2.05) is 6.92 Å². The molecule has 6 heteroatoms. The van der Waals surface area contributed by atoms with Gasteiger partial charge in [-0.15, -0.1) is 0 Å². The third-order valence-electron chi connectivity index (χ3n) is 2.73. The molecule has 2 heterocycles. The molecule has 2 aromatic rings. The van der Waals surface area contributed by atoms with Crippen molar-refractivity contribution in [3.63, 3.8) is 0 Å². The molecule has 1 unspecified atom stereocenters. The Balaban J connectivity index is 2.50. The number of halogens is 2. The maximum absolute atomic E-state index is 13.8. The van der Waals surface area contributed by atoms with Gasteiger partial charge in [0.15, 0.2) is 0 Å². The standard InChI is InChI=1S/C12H14ClFN4/c1-3-16-11(8-4-5-15-7-10(8)14)12-9(13)6-17-18(12)2/h4-7,11,16H,3H2,1-2H3. The molecule has 0 aliphatic rings. The number of aromatic nitrogens is 3. The molecule has 18 heavy (non-hydrogen) atoms. The highest BCUT2D eigenvalue weighted by Gasteiger charge is 2.22. The van der Waals surface area contributed by atoms with Crippen molar-refractivity contribution in [1.29, 1.82) is 0 Å². The number of pyridine rings is 1. The lowest BCUT2D eigenvalue weighted by Gasteiger charge is -2.19. The van der Waals surface area contributed by atoms with Crippen molar-refractivity contribution in [2.75, 3.05) is 6.54 Å². The van der Waals surface area contributed by atoms with Crippen molar-refractivity contribution >= 4 is 11.6 Å². The molecule has 0 saturated heterocycles. The highest BCUT2D eigenvalue weighted by atomic mass is 35.5. The molecule has 1 N–H and O–H groups in total. The van der Waals surface area contributed by atoms with E-state index in [0.717, 1.165) is 5.69 Å². The minimum absolute atomic E-state index is 0.335. The van der Waals surface area contributed by atoms with Gasteiger partial charge in [0, 0.05) is 18.8 Å². The summed E-state index contributed by atoms with van der Waals surface area (Å²) >= 11 is 6.12. The number of nitrogens with one attached hydrogen (secondary N) is 1. The van der Waals surface area contributed by atoms with Crippen LogP contribution in [-0.4, -0.2) is 21.3 Å². The zero-order chi connectivity index (χ0) is 13.1. The summed E-state index contributed by atoms with van der Waals surface area (Å²) in [5.74, 6) is -0.360. The summed E-state index contributed by atoms with van der Waals surface area (Å²) in [5, 5.41) is 7.81. The van der Waals surface area contributed by atoms with E-state index in [1.54, 1.807) is 30.2 Å². The zero-order valence-electron chi connectivity index (χ0n) is 10.2. The van der Waals surface area contributed by atoms with Crippen LogP contribution in [0.15, 0.2) is 24.7 Å². The van der Waals surface area contributed by atoms with E-state index in [4.69, 9.17) is 11.6 Å². The molecule has 0 radical (unpaired) electrons. The molecule has 0 spiro atoms. The first-order chi connectivity index (χ1) is 8.65. The van der Waals surface area contributed by atoms with Crippen LogP contribution >= 0.6 is 11.6 Å². The zero-order valence-corrected chi connectivity index (χ0v) is 10.9. The van der Waals surface area contributed by atoms with Crippen molar-refractivity contribution in [1.82, 2.24) is 20.1 Å². The van der Waals surface area contributed by atoms with Crippen LogP contribution < -0.4 is 5.32 Å². The summed E-state index contributed by atoms with van der Waals surface area (Å²) in [6, 6.07) is 1.31. The minimum Gasteiger partial charge on any atom is -0.305 e. The van der Waals surface area contributed by atoms with Gasteiger partial charge in [-0.3, -0.25) is 9.67 Å². The summed E-state index contributed by atoms with van der Waals surface area (Å²) in [5.41, 5.74) is 1.25. The largest absolute Gasteiger partial charge is 0.305 e. The minimum atomic E-state index is -0.360. The molecule has 96 valence electrons. The van der Waals surface area contributed by atoms with Gasteiger partial charge in [-0.05, 0) is 12.6 Å². The van der Waals surface area contributed by atoms with Gasteiger partial charge in [0.1, 0.15) is 5.82 Å². The second kappa shape index (κ2) is 5.46. The van der Waals surface area contributed by atoms with Crippen LogP contribution in [-0.2, 0) is 7.05 Å². The fraction of sp³-hybridized carbons (Fsp3) is 0.333. The third-order valence-corrected chi connectivity index (χ3v) is 3.03. The molecule has 0 aromatic carbocycles. The van der Waals surface area contributed by atoms with E-state index in [1.165, 1.54) is 6.20 Å². The lowest BCUT2D eigenvalue weighted by Crippen LogP contribution is -2.25. The first-order valence-corrected chi connectivity index (χ1v) is 6.03. The Morgan fingerprint density at radius 2 is 2.28 bits per heavy atom. The second-order valence-corrected chi connectivity index (χ2v) is 4.30. The highest BCUT2D eigenvalue weighted by Crippen LogP contribution is 2.28. The highest BCUT2D eigenvalue weighted by molar-refractivity contribution is 6.31. The Labute approximate surface area is 110 Å². The first kappa shape index (κ1) is 13.0. The van der Waals surface area contributed by atoms with Gasteiger partial charge in [-0.1, -0.05) is 18.5 Å². The molecule has 0 fully saturated rings. The van der Waals surface area contributed by atoms with Crippen molar-refractivity contribution < 1.29 is 4.39 Å². The number of aryl methyl sites for hydroxylation is 1. The van der Waals surface area contributed by atoms with Gasteiger partial charge >= 0.3 is 0 Å². The first-order valence-electron chi connectivity index (χ1n) is 5.65. The average Bonchev–Trinajstić information content (AvgIpc) is 2.68. The van der Waals surface area contributed by atoms with E-state index in [-0.39, 0.29) is 11.9 Å². The third kappa shape index (κ3) is 2.37. The summed E-state index contributed by atoms with van der Waals surface area (Å²) in [6.07, 6.45) is 4.32. The van der Waals surface area contributed by atoms with E-state index in [0.29, 0.717) is 17.1 Å². The van der Waals surface area contributed by atoms with Gasteiger partial charge in [-0.2, -0.15) is 5.10 Å². The van der Waals surface area contributed by atoms with E-state index < -0.39 is 0 Å². The SMILES string of the molecule is CCNC(c1ccncc1F)c1c(Cl)cnn1C. The van der Waals surface area contributed by atoms with Crippen molar-refractivity contribution in [3.05, 3.63) is 46.8 Å². The Morgan fingerprint density at radius 3 is 2.83 bits per heavy atom. The average molecular weight is 269 g/mol. The number of rotatable bonds is 4. The van der Waals surface area contributed by atoms with Crippen molar-refractivity contribution in [2.24, 2.45) is 7.05 Å². The van der Waals surface area contributed by atoms with Crippen LogP contribution in [0.4, 0.5) is 4.39 Å².